The predicted molar refractivity (Wildman–Crippen MR) is 44.0 cm³/mol. The third kappa shape index (κ3) is 2.75. The Balaban J connectivity index is 2.72. The molecular weight excluding hydrogens is 182 g/mol. The van der Waals surface area contributed by atoms with Crippen molar-refractivity contribution in [2.45, 2.75) is 17.3 Å². The number of thioether (sulfide) groups is 1. The van der Waals surface area contributed by atoms with Gasteiger partial charge >= 0.3 is 0 Å². The lowest BCUT2D eigenvalue weighted by molar-refractivity contribution is 0.252. The molecule has 0 radical (unpaired) electrons. The van der Waals surface area contributed by atoms with Gasteiger partial charge in [-0.15, -0.1) is 0 Å². The molecule has 0 amide bonds. The Bertz CT molecular complexity index is 255. The van der Waals surface area contributed by atoms with E-state index in [1.165, 1.54) is 6.20 Å². The highest BCUT2D eigenvalue weighted by Gasteiger charge is 2.05. The highest BCUT2D eigenvalue weighted by molar-refractivity contribution is 7.99. The molecule has 0 aliphatic carbocycles. The van der Waals surface area contributed by atoms with Crippen LogP contribution in [0.3, 0.4) is 0 Å². The van der Waals surface area contributed by atoms with E-state index in [1.54, 1.807) is 12.1 Å². The Morgan fingerprint density at radius 3 is 2.92 bits per heavy atom. The summed E-state index contributed by atoms with van der Waals surface area (Å²) in [6.45, 7) is 0.347. The average Bonchev–Trinajstić information content (AvgIpc) is 2.03. The molecule has 0 bridgehead atoms. The van der Waals surface area contributed by atoms with Crippen LogP contribution in [0.25, 0.3) is 0 Å². The quantitative estimate of drug-likeness (QED) is 0.739. The van der Waals surface area contributed by atoms with Crippen molar-refractivity contribution in [3.63, 3.8) is 0 Å². The predicted octanol–water partition coefficient (Wildman–Crippen LogP) is 1.86. The largest absolute Gasteiger partial charge is 0.326 e. The fourth-order valence-electron chi connectivity index (χ4n) is 0.733. The van der Waals surface area contributed by atoms with Crippen LogP contribution in [0.5, 0.6) is 0 Å². The number of hydrogen-bond acceptors (Lipinski definition) is 3. The zero-order valence-electron chi connectivity index (χ0n) is 6.21. The van der Waals surface area contributed by atoms with Gasteiger partial charge in [0, 0.05) is 12.7 Å². The van der Waals surface area contributed by atoms with Gasteiger partial charge in [-0.2, -0.15) is 8.78 Å². The SMILES string of the molecule is NCc1ccnc(SC(F)F)c1. The first-order valence-electron chi connectivity index (χ1n) is 3.32. The second-order valence-electron chi connectivity index (χ2n) is 2.08. The van der Waals surface area contributed by atoms with E-state index >= 15 is 0 Å². The van der Waals surface area contributed by atoms with Crippen molar-refractivity contribution in [3.8, 4) is 0 Å². The van der Waals surface area contributed by atoms with Gasteiger partial charge in [0.2, 0.25) is 0 Å². The molecule has 1 rings (SSSR count). The Morgan fingerprint density at radius 2 is 2.33 bits per heavy atom. The Kier molecular flexibility index (Phi) is 3.43. The van der Waals surface area contributed by atoms with E-state index in [9.17, 15) is 8.78 Å². The molecule has 0 atom stereocenters. The third-order valence-corrected chi connectivity index (χ3v) is 1.89. The molecular formula is C7H8F2N2S. The summed E-state index contributed by atoms with van der Waals surface area (Å²) >= 11 is 0.428. The van der Waals surface area contributed by atoms with Crippen LogP contribution >= 0.6 is 11.8 Å². The summed E-state index contributed by atoms with van der Waals surface area (Å²) in [7, 11) is 0. The van der Waals surface area contributed by atoms with Crippen LogP contribution in [0.2, 0.25) is 0 Å². The van der Waals surface area contributed by atoms with Crippen LogP contribution < -0.4 is 5.73 Å². The standard InChI is InChI=1S/C7H8F2N2S/c8-7(9)12-6-3-5(4-10)1-2-11-6/h1-3,7H,4,10H2. The molecule has 1 aromatic rings. The summed E-state index contributed by atoms with van der Waals surface area (Å²) < 4.78 is 23.7. The number of nitrogens with two attached hydrogens (primary N) is 1. The molecule has 0 fully saturated rings. The van der Waals surface area contributed by atoms with Gasteiger partial charge in [-0.05, 0) is 29.5 Å². The van der Waals surface area contributed by atoms with Gasteiger partial charge in [-0.3, -0.25) is 0 Å². The maximum Gasteiger partial charge on any atom is 0.290 e. The van der Waals surface area contributed by atoms with Crippen molar-refractivity contribution in [1.29, 1.82) is 0 Å². The molecule has 1 heterocycles. The minimum absolute atomic E-state index is 0.313. The number of alkyl halides is 2. The molecule has 0 spiro atoms. The fraction of sp³-hybridized carbons (Fsp3) is 0.286. The molecule has 0 aliphatic heterocycles. The normalized spacial score (nSPS) is 10.7. The minimum Gasteiger partial charge on any atom is -0.326 e. The number of pyridine rings is 1. The van der Waals surface area contributed by atoms with Crippen molar-refractivity contribution in [1.82, 2.24) is 4.98 Å². The Hall–Kier alpha value is -0.680. The van der Waals surface area contributed by atoms with Crippen LogP contribution in [-0.4, -0.2) is 10.7 Å². The highest BCUT2D eigenvalue weighted by Crippen LogP contribution is 2.23. The number of hydrogen-bond donors (Lipinski definition) is 1. The first kappa shape index (κ1) is 9.41. The van der Waals surface area contributed by atoms with Gasteiger partial charge < -0.3 is 5.73 Å². The second kappa shape index (κ2) is 4.37. The minimum atomic E-state index is -2.43. The average molecular weight is 190 g/mol. The lowest BCUT2D eigenvalue weighted by Crippen LogP contribution is -1.97. The summed E-state index contributed by atoms with van der Waals surface area (Å²) in [6.07, 6.45) is 1.48. The molecule has 0 saturated carbocycles. The van der Waals surface area contributed by atoms with Crippen LogP contribution in [0.1, 0.15) is 5.56 Å². The number of aromatic nitrogens is 1. The molecule has 2 N–H and O–H groups in total. The van der Waals surface area contributed by atoms with E-state index in [0.717, 1.165) is 5.56 Å². The van der Waals surface area contributed by atoms with Crippen molar-refractivity contribution < 1.29 is 8.78 Å². The van der Waals surface area contributed by atoms with Crippen LogP contribution in [0.15, 0.2) is 23.4 Å². The van der Waals surface area contributed by atoms with Crippen LogP contribution in [-0.2, 0) is 6.54 Å². The molecule has 12 heavy (non-hydrogen) atoms. The molecule has 2 nitrogen and oxygen atoms in total. The summed E-state index contributed by atoms with van der Waals surface area (Å²) in [5.74, 6) is -2.43. The van der Waals surface area contributed by atoms with E-state index in [2.05, 4.69) is 4.98 Å². The highest BCUT2D eigenvalue weighted by atomic mass is 32.2. The third-order valence-electron chi connectivity index (χ3n) is 1.24. The van der Waals surface area contributed by atoms with Gasteiger partial charge in [0.15, 0.2) is 0 Å². The monoisotopic (exact) mass is 190 g/mol. The molecule has 0 aromatic carbocycles. The van der Waals surface area contributed by atoms with Crippen molar-refractivity contribution >= 4 is 11.8 Å². The molecule has 1 aromatic heterocycles. The molecule has 0 saturated heterocycles. The lowest BCUT2D eigenvalue weighted by Gasteiger charge is -2.00. The molecule has 0 unspecified atom stereocenters. The summed E-state index contributed by atoms with van der Waals surface area (Å²) in [5, 5.41) is 0.313. The maximum atomic E-state index is 11.8. The van der Waals surface area contributed by atoms with Crippen LogP contribution in [0.4, 0.5) is 8.78 Å². The Labute approximate surface area is 73.2 Å². The molecule has 5 heteroatoms. The van der Waals surface area contributed by atoms with E-state index < -0.39 is 5.76 Å². The van der Waals surface area contributed by atoms with E-state index in [1.807, 2.05) is 0 Å². The smallest absolute Gasteiger partial charge is 0.290 e. The van der Waals surface area contributed by atoms with Crippen LogP contribution in [0, 0.1) is 0 Å². The zero-order chi connectivity index (χ0) is 8.97. The number of nitrogens with zero attached hydrogens (tertiary/aromatic N) is 1. The van der Waals surface area contributed by atoms with Gasteiger partial charge in [0.1, 0.15) is 5.03 Å². The number of rotatable bonds is 3. The molecule has 66 valence electrons. The first-order chi connectivity index (χ1) is 5.72. The molecule has 0 aliphatic rings. The first-order valence-corrected chi connectivity index (χ1v) is 4.20. The summed E-state index contributed by atoms with van der Waals surface area (Å²) in [5.41, 5.74) is 6.14. The maximum absolute atomic E-state index is 11.8. The summed E-state index contributed by atoms with van der Waals surface area (Å²) in [4.78, 5) is 3.75. The van der Waals surface area contributed by atoms with Crippen molar-refractivity contribution in [3.05, 3.63) is 23.9 Å². The zero-order valence-corrected chi connectivity index (χ0v) is 7.02. The van der Waals surface area contributed by atoms with E-state index in [4.69, 9.17) is 5.73 Å². The van der Waals surface area contributed by atoms with Crippen molar-refractivity contribution in [2.24, 2.45) is 5.73 Å². The van der Waals surface area contributed by atoms with Gasteiger partial charge in [0.05, 0.1) is 0 Å². The number of halogens is 2. The lowest BCUT2D eigenvalue weighted by atomic mass is 10.3. The van der Waals surface area contributed by atoms with Gasteiger partial charge in [-0.1, -0.05) is 0 Å². The van der Waals surface area contributed by atoms with Gasteiger partial charge in [0.25, 0.3) is 5.76 Å². The van der Waals surface area contributed by atoms with Gasteiger partial charge in [-0.25, -0.2) is 4.98 Å². The van der Waals surface area contributed by atoms with E-state index in [0.29, 0.717) is 23.3 Å². The fourth-order valence-corrected chi connectivity index (χ4v) is 1.26. The second-order valence-corrected chi connectivity index (χ2v) is 3.10. The van der Waals surface area contributed by atoms with Crippen molar-refractivity contribution in [2.75, 3.05) is 0 Å². The Morgan fingerprint density at radius 1 is 1.58 bits per heavy atom. The van der Waals surface area contributed by atoms with E-state index in [-0.39, 0.29) is 0 Å². The summed E-state index contributed by atoms with van der Waals surface area (Å²) in [6, 6.07) is 3.27. The topological polar surface area (TPSA) is 38.9 Å².